The van der Waals surface area contributed by atoms with Crippen molar-refractivity contribution >= 4 is 11.8 Å². The molecule has 4 aliphatic rings. The number of esters is 1. The Kier molecular flexibility index (Phi) is 6.69. The van der Waals surface area contributed by atoms with Crippen LogP contribution in [0.1, 0.15) is 106 Å². The standard InChI is InChI=1S/C29H46O3/c1-18(2)8-7-9-19(3)23-10-11-24-22-17-27(31)26-16-21(32-20(4)30)12-14-29(26,6)25(22)13-15-28(23,24)5/h16,18-19,21-25H,7-15,17H2,1-6H3/t19-,21-,22+,23-,24+,25+,28-,29-/m1/s1. The predicted octanol–water partition coefficient (Wildman–Crippen LogP) is 7.14. The number of Topliss-reactive ketones (excluding diaryl/α,β-unsaturated/α-hetero) is 1. The summed E-state index contributed by atoms with van der Waals surface area (Å²) >= 11 is 0. The van der Waals surface area contributed by atoms with Gasteiger partial charge in [0.25, 0.3) is 0 Å². The van der Waals surface area contributed by atoms with E-state index in [4.69, 9.17) is 4.74 Å². The molecule has 0 aliphatic heterocycles. The molecule has 0 spiro atoms. The highest BCUT2D eigenvalue weighted by molar-refractivity contribution is 5.98. The van der Waals surface area contributed by atoms with Crippen molar-refractivity contribution in [3.05, 3.63) is 11.6 Å². The van der Waals surface area contributed by atoms with E-state index in [0.29, 0.717) is 35.4 Å². The summed E-state index contributed by atoms with van der Waals surface area (Å²) in [5.41, 5.74) is 1.36. The van der Waals surface area contributed by atoms with Crippen LogP contribution in [0.4, 0.5) is 0 Å². The topological polar surface area (TPSA) is 43.4 Å². The summed E-state index contributed by atoms with van der Waals surface area (Å²) in [6.07, 6.45) is 13.7. The molecule has 3 fully saturated rings. The van der Waals surface area contributed by atoms with Gasteiger partial charge < -0.3 is 4.74 Å². The van der Waals surface area contributed by atoms with E-state index in [1.165, 1.54) is 51.9 Å². The number of allylic oxidation sites excluding steroid dienone is 1. The first-order chi connectivity index (χ1) is 15.1. The zero-order chi connectivity index (χ0) is 23.3. The van der Waals surface area contributed by atoms with Gasteiger partial charge in [0.1, 0.15) is 6.10 Å². The van der Waals surface area contributed by atoms with E-state index in [0.717, 1.165) is 36.2 Å². The summed E-state index contributed by atoms with van der Waals surface area (Å²) in [6, 6.07) is 0. The third-order valence-electron chi connectivity index (χ3n) is 10.4. The Morgan fingerprint density at radius 1 is 1.06 bits per heavy atom. The van der Waals surface area contributed by atoms with Crippen molar-refractivity contribution in [2.24, 2.45) is 46.3 Å². The SMILES string of the molecule is CC(=O)O[C@H]1C=C2C(=O)C[C@H]3[C@@H]4CC[C@H]([C@H](C)CCCC(C)C)[C@@]4(C)CC[C@@H]3[C@@]2(C)CC1. The molecule has 0 amide bonds. The van der Waals surface area contributed by atoms with Crippen molar-refractivity contribution in [3.63, 3.8) is 0 Å². The molecule has 0 heterocycles. The molecule has 0 aromatic rings. The number of fused-ring (bicyclic) bond motifs is 5. The van der Waals surface area contributed by atoms with E-state index < -0.39 is 0 Å². The lowest BCUT2D eigenvalue weighted by molar-refractivity contribution is -0.146. The van der Waals surface area contributed by atoms with Gasteiger partial charge in [-0.25, -0.2) is 0 Å². The van der Waals surface area contributed by atoms with E-state index in [-0.39, 0.29) is 17.5 Å². The average Bonchev–Trinajstić information content (AvgIpc) is 3.06. The number of rotatable bonds is 6. The Balaban J connectivity index is 1.52. The number of hydrogen-bond donors (Lipinski definition) is 0. The van der Waals surface area contributed by atoms with Crippen LogP contribution in [0.25, 0.3) is 0 Å². The molecule has 8 atom stereocenters. The second-order valence-corrected chi connectivity index (χ2v) is 12.7. The van der Waals surface area contributed by atoms with Crippen LogP contribution in [0.3, 0.4) is 0 Å². The highest BCUT2D eigenvalue weighted by atomic mass is 16.5. The van der Waals surface area contributed by atoms with Crippen molar-refractivity contribution < 1.29 is 14.3 Å². The molecule has 3 heteroatoms. The van der Waals surface area contributed by atoms with Gasteiger partial charge in [0, 0.05) is 18.9 Å². The molecule has 4 rings (SSSR count). The van der Waals surface area contributed by atoms with E-state index in [9.17, 15) is 9.59 Å². The van der Waals surface area contributed by atoms with Crippen LogP contribution in [-0.2, 0) is 14.3 Å². The van der Waals surface area contributed by atoms with Gasteiger partial charge in [-0.3, -0.25) is 9.59 Å². The Morgan fingerprint density at radius 2 is 1.81 bits per heavy atom. The van der Waals surface area contributed by atoms with Gasteiger partial charge in [-0.2, -0.15) is 0 Å². The van der Waals surface area contributed by atoms with E-state index >= 15 is 0 Å². The summed E-state index contributed by atoms with van der Waals surface area (Å²) in [7, 11) is 0. The number of hydrogen-bond acceptors (Lipinski definition) is 3. The molecule has 0 unspecified atom stereocenters. The Bertz CT molecular complexity index is 766. The fraction of sp³-hybridized carbons (Fsp3) is 0.862. The fourth-order valence-corrected chi connectivity index (χ4v) is 8.85. The number of carbonyl (C=O) groups is 2. The van der Waals surface area contributed by atoms with Gasteiger partial charge in [-0.15, -0.1) is 0 Å². The summed E-state index contributed by atoms with van der Waals surface area (Å²) in [6.45, 7) is 13.6. The number of ether oxygens (including phenoxy) is 1. The van der Waals surface area contributed by atoms with Crippen molar-refractivity contribution in [2.75, 3.05) is 0 Å². The lowest BCUT2D eigenvalue weighted by Gasteiger charge is -2.58. The van der Waals surface area contributed by atoms with E-state index in [1.54, 1.807) is 0 Å². The maximum atomic E-state index is 13.4. The molecule has 0 N–H and O–H groups in total. The van der Waals surface area contributed by atoms with Crippen molar-refractivity contribution in [1.82, 2.24) is 0 Å². The normalized spacial score (nSPS) is 42.0. The highest BCUT2D eigenvalue weighted by Gasteiger charge is 2.61. The number of ketones is 1. The van der Waals surface area contributed by atoms with E-state index in [1.807, 2.05) is 6.08 Å². The van der Waals surface area contributed by atoms with Crippen LogP contribution in [-0.4, -0.2) is 17.9 Å². The van der Waals surface area contributed by atoms with Crippen molar-refractivity contribution in [1.29, 1.82) is 0 Å². The van der Waals surface area contributed by atoms with Crippen LogP contribution < -0.4 is 0 Å². The predicted molar refractivity (Wildman–Crippen MR) is 129 cm³/mol. The van der Waals surface area contributed by atoms with Crippen LogP contribution in [0.15, 0.2) is 11.6 Å². The molecule has 0 saturated heterocycles. The maximum absolute atomic E-state index is 13.4. The molecule has 0 aromatic heterocycles. The molecule has 32 heavy (non-hydrogen) atoms. The molecular formula is C29H46O3. The first-order valence-electron chi connectivity index (χ1n) is 13.5. The molecule has 4 aliphatic carbocycles. The summed E-state index contributed by atoms with van der Waals surface area (Å²) in [5.74, 6) is 4.36. The third-order valence-corrected chi connectivity index (χ3v) is 10.4. The monoisotopic (exact) mass is 442 g/mol. The second kappa shape index (κ2) is 8.91. The van der Waals surface area contributed by atoms with Crippen molar-refractivity contribution in [3.8, 4) is 0 Å². The molecule has 3 nitrogen and oxygen atoms in total. The number of carbonyl (C=O) groups excluding carboxylic acids is 2. The summed E-state index contributed by atoms with van der Waals surface area (Å²) in [4.78, 5) is 24.9. The van der Waals surface area contributed by atoms with Gasteiger partial charge in [0.2, 0.25) is 0 Å². The van der Waals surface area contributed by atoms with Gasteiger partial charge in [0.05, 0.1) is 0 Å². The third kappa shape index (κ3) is 4.11. The largest absolute Gasteiger partial charge is 0.458 e. The smallest absolute Gasteiger partial charge is 0.303 e. The average molecular weight is 443 g/mol. The minimum Gasteiger partial charge on any atom is -0.458 e. The summed E-state index contributed by atoms with van der Waals surface area (Å²) < 4.78 is 5.47. The Labute approximate surface area is 196 Å². The lowest BCUT2D eigenvalue weighted by Crippen LogP contribution is -2.53. The van der Waals surface area contributed by atoms with E-state index in [2.05, 4.69) is 34.6 Å². The Hall–Kier alpha value is -1.12. The van der Waals surface area contributed by atoms with Crippen LogP contribution in [0.2, 0.25) is 0 Å². The van der Waals surface area contributed by atoms with Crippen molar-refractivity contribution in [2.45, 2.75) is 112 Å². The molecule has 0 aromatic carbocycles. The molecule has 180 valence electrons. The highest BCUT2D eigenvalue weighted by Crippen LogP contribution is 2.67. The second-order valence-electron chi connectivity index (χ2n) is 12.7. The molecule has 0 radical (unpaired) electrons. The van der Waals surface area contributed by atoms with Crippen LogP contribution in [0, 0.1) is 46.3 Å². The first-order valence-corrected chi connectivity index (χ1v) is 13.5. The first kappa shape index (κ1) is 24.0. The van der Waals surface area contributed by atoms with Gasteiger partial charge >= 0.3 is 5.97 Å². The molecular weight excluding hydrogens is 396 g/mol. The Morgan fingerprint density at radius 3 is 2.50 bits per heavy atom. The molecule has 3 saturated carbocycles. The minimum atomic E-state index is -0.246. The van der Waals surface area contributed by atoms with Gasteiger partial charge in [-0.05, 0) is 90.9 Å². The van der Waals surface area contributed by atoms with Crippen LogP contribution >= 0.6 is 0 Å². The maximum Gasteiger partial charge on any atom is 0.303 e. The molecule has 0 bridgehead atoms. The van der Waals surface area contributed by atoms with Crippen LogP contribution in [0.5, 0.6) is 0 Å². The quantitative estimate of drug-likeness (QED) is 0.411. The zero-order valence-corrected chi connectivity index (χ0v) is 21.4. The summed E-state index contributed by atoms with van der Waals surface area (Å²) in [5, 5.41) is 0. The van der Waals surface area contributed by atoms with Gasteiger partial charge in [-0.1, -0.05) is 53.9 Å². The zero-order valence-electron chi connectivity index (χ0n) is 21.4. The fourth-order valence-electron chi connectivity index (χ4n) is 8.85. The van der Waals surface area contributed by atoms with Gasteiger partial charge in [0.15, 0.2) is 5.78 Å². The minimum absolute atomic E-state index is 0.0288. The lowest BCUT2D eigenvalue weighted by atomic mass is 9.46.